The van der Waals surface area contributed by atoms with Crippen molar-refractivity contribution in [2.45, 2.75) is 112 Å². The van der Waals surface area contributed by atoms with Gasteiger partial charge in [-0.05, 0) is 53.4 Å². The summed E-state index contributed by atoms with van der Waals surface area (Å²) in [6.07, 6.45) is 0.961. The van der Waals surface area contributed by atoms with Gasteiger partial charge in [-0.3, -0.25) is 14.9 Å². The van der Waals surface area contributed by atoms with Gasteiger partial charge < -0.3 is 9.47 Å². The summed E-state index contributed by atoms with van der Waals surface area (Å²) < 4.78 is 10.7. The fourth-order valence-corrected chi connectivity index (χ4v) is 2.74. The van der Waals surface area contributed by atoms with Crippen LogP contribution in [0.25, 0.3) is 0 Å². The Morgan fingerprint density at radius 2 is 1.40 bits per heavy atom. The van der Waals surface area contributed by atoms with Crippen LogP contribution in [-0.2, 0) is 19.1 Å². The predicted octanol–water partition coefficient (Wildman–Crippen LogP) is 4.71. The van der Waals surface area contributed by atoms with Gasteiger partial charge in [0.25, 0.3) is 0 Å². The molecule has 0 aromatic carbocycles. The molecule has 0 saturated heterocycles. The molecule has 0 aromatic rings. The first-order valence-corrected chi connectivity index (χ1v) is 10.3. The highest BCUT2D eigenvalue weighted by atomic mass is 16.6. The number of nitrogens with zero attached hydrogens (tertiary/aromatic N) is 1. The number of ether oxygens (including phenoxy) is 2. The van der Waals surface area contributed by atoms with Crippen LogP contribution in [0.2, 0.25) is 0 Å². The molecule has 1 radical (unpaired) electrons. The van der Waals surface area contributed by atoms with Crippen LogP contribution >= 0.6 is 0 Å². The highest BCUT2D eigenvalue weighted by Gasteiger charge is 2.50. The largest absolute Gasteiger partial charge is 0.444 e. The van der Waals surface area contributed by atoms with E-state index in [1.54, 1.807) is 47.8 Å². The maximum absolute atomic E-state index is 13.0. The lowest BCUT2D eigenvalue weighted by Crippen LogP contribution is -2.67. The zero-order valence-electron chi connectivity index (χ0n) is 20.2. The molecule has 0 unspecified atom stereocenters. The first kappa shape index (κ1) is 27.9. The molecule has 1 atom stereocenters. The van der Waals surface area contributed by atoms with Gasteiger partial charge in [-0.1, -0.05) is 34.1 Å². The lowest BCUT2D eigenvalue weighted by molar-refractivity contribution is -0.136. The summed E-state index contributed by atoms with van der Waals surface area (Å²) in [5.41, 5.74) is -4.39. The first-order chi connectivity index (χ1) is 13.4. The van der Waals surface area contributed by atoms with Crippen molar-refractivity contribution in [1.82, 2.24) is 10.2 Å². The van der Waals surface area contributed by atoms with Crippen LogP contribution in [0.4, 0.5) is 9.59 Å². The molecule has 8 nitrogen and oxygen atoms in total. The van der Waals surface area contributed by atoms with Crippen LogP contribution in [0, 0.1) is 5.41 Å². The number of hydrogen-bond donors (Lipinski definition) is 1. The average molecular weight is 428 g/mol. The summed E-state index contributed by atoms with van der Waals surface area (Å²) >= 11 is 0. The molecule has 0 aromatic heterocycles. The summed E-state index contributed by atoms with van der Waals surface area (Å²) in [6.45, 7) is 17.3. The number of hydrogen-bond acceptors (Lipinski definition) is 6. The molecule has 0 rings (SSSR count). The Bertz CT molecular complexity index is 625. The molecule has 30 heavy (non-hydrogen) atoms. The van der Waals surface area contributed by atoms with Crippen molar-refractivity contribution in [3.63, 3.8) is 0 Å². The zero-order chi connectivity index (χ0) is 24.0. The van der Waals surface area contributed by atoms with Gasteiger partial charge in [0.15, 0.2) is 5.66 Å². The molecule has 0 bridgehead atoms. The topological polar surface area (TPSA) is 102 Å². The molecule has 8 heteroatoms. The number of alkyl carbamates (subject to hydrolysis) is 1. The second-order valence-electron chi connectivity index (χ2n) is 10.6. The van der Waals surface area contributed by atoms with E-state index >= 15 is 0 Å². The summed E-state index contributed by atoms with van der Waals surface area (Å²) in [5.74, 6) is -0.630. The fraction of sp³-hybridized carbons (Fsp3) is 0.818. The van der Waals surface area contributed by atoms with E-state index in [1.165, 1.54) is 0 Å². The highest BCUT2D eigenvalue weighted by molar-refractivity contribution is 5.97. The minimum Gasteiger partial charge on any atom is -0.444 e. The maximum atomic E-state index is 13.0. The summed E-state index contributed by atoms with van der Waals surface area (Å²) in [7, 11) is 0. The Morgan fingerprint density at radius 3 is 1.77 bits per heavy atom. The standard InChI is InChI=1S/C22H39N2O6/c1-11-12-13-16(26)24(18(28)30-21(8,9)10)22(15-25,14-19(2,3)4)23-17(27)29-20(5,6)7/h11-14H2,1-10H3,(H,23,27)/t22-/m0/s1. The number of imide groups is 1. The van der Waals surface area contributed by atoms with Gasteiger partial charge in [-0.15, -0.1) is 0 Å². The number of amides is 3. The molecule has 0 heterocycles. The second-order valence-corrected chi connectivity index (χ2v) is 10.6. The number of unbranched alkanes of at least 4 members (excludes halogenated alkanes) is 1. The average Bonchev–Trinajstić information content (AvgIpc) is 2.47. The maximum Gasteiger partial charge on any atom is 0.419 e. The van der Waals surface area contributed by atoms with Gasteiger partial charge in [0, 0.05) is 12.8 Å². The Morgan fingerprint density at radius 1 is 0.900 bits per heavy atom. The summed E-state index contributed by atoms with van der Waals surface area (Å²) in [4.78, 5) is 51.6. The summed E-state index contributed by atoms with van der Waals surface area (Å²) in [5, 5.41) is 2.44. The van der Waals surface area contributed by atoms with Gasteiger partial charge in [-0.2, -0.15) is 0 Å². The fourth-order valence-electron chi connectivity index (χ4n) is 2.74. The molecule has 0 aliphatic carbocycles. The Hall–Kier alpha value is -2.12. The van der Waals surface area contributed by atoms with Crippen molar-refractivity contribution in [3.05, 3.63) is 0 Å². The summed E-state index contributed by atoms with van der Waals surface area (Å²) in [6, 6.07) is 0. The second kappa shape index (κ2) is 10.3. The highest BCUT2D eigenvalue weighted by Crippen LogP contribution is 2.31. The van der Waals surface area contributed by atoms with Gasteiger partial charge in [0.2, 0.25) is 12.2 Å². The van der Waals surface area contributed by atoms with E-state index in [-0.39, 0.29) is 12.8 Å². The third kappa shape index (κ3) is 10.1. The Balaban J connectivity index is 6.40. The molecule has 0 fully saturated rings. The molecular formula is C22H39N2O6. The molecule has 1 N–H and O–H groups in total. The van der Waals surface area contributed by atoms with E-state index in [2.05, 4.69) is 5.32 Å². The van der Waals surface area contributed by atoms with E-state index in [0.717, 1.165) is 0 Å². The van der Waals surface area contributed by atoms with Gasteiger partial charge in [-0.25, -0.2) is 14.5 Å². The molecule has 173 valence electrons. The van der Waals surface area contributed by atoms with Crippen LogP contribution in [0.1, 0.15) is 94.9 Å². The minimum atomic E-state index is -2.08. The normalized spacial score (nSPS) is 14.3. The van der Waals surface area contributed by atoms with Gasteiger partial charge in [0.1, 0.15) is 11.2 Å². The van der Waals surface area contributed by atoms with Crippen molar-refractivity contribution in [2.75, 3.05) is 0 Å². The molecular weight excluding hydrogens is 388 g/mol. The van der Waals surface area contributed by atoms with Crippen molar-refractivity contribution in [3.8, 4) is 0 Å². The predicted molar refractivity (Wildman–Crippen MR) is 114 cm³/mol. The third-order valence-electron chi connectivity index (χ3n) is 3.61. The van der Waals surface area contributed by atoms with E-state index in [9.17, 15) is 19.2 Å². The van der Waals surface area contributed by atoms with Crippen LogP contribution in [-0.4, -0.2) is 46.1 Å². The first-order valence-electron chi connectivity index (χ1n) is 10.3. The van der Waals surface area contributed by atoms with Gasteiger partial charge >= 0.3 is 12.2 Å². The molecule has 0 spiro atoms. The monoisotopic (exact) mass is 427 g/mol. The quantitative estimate of drug-likeness (QED) is 0.591. The Labute approximate surface area is 181 Å². The lowest BCUT2D eigenvalue weighted by atomic mass is 9.84. The minimum absolute atomic E-state index is 0.0132. The van der Waals surface area contributed by atoms with E-state index in [4.69, 9.17) is 9.47 Å². The van der Waals surface area contributed by atoms with Crippen molar-refractivity contribution in [1.29, 1.82) is 0 Å². The number of nitrogens with one attached hydrogen (secondary N) is 1. The zero-order valence-corrected chi connectivity index (χ0v) is 20.2. The number of rotatable bonds is 7. The van der Waals surface area contributed by atoms with Crippen LogP contribution in [0.5, 0.6) is 0 Å². The van der Waals surface area contributed by atoms with Crippen molar-refractivity contribution < 1.29 is 28.7 Å². The SMILES string of the molecule is CCCCC(=O)N(C(=O)OC(C)(C)C)[C@]([C]=O)(CC(C)(C)C)NC(=O)OC(C)(C)C. The van der Waals surface area contributed by atoms with Crippen LogP contribution < -0.4 is 5.32 Å². The molecule has 0 aliphatic rings. The van der Waals surface area contributed by atoms with Gasteiger partial charge in [0.05, 0.1) is 0 Å². The van der Waals surface area contributed by atoms with E-state index in [0.29, 0.717) is 17.7 Å². The lowest BCUT2D eigenvalue weighted by Gasteiger charge is -2.42. The molecule has 0 aliphatic heterocycles. The van der Waals surface area contributed by atoms with E-state index in [1.807, 2.05) is 27.7 Å². The molecule has 0 saturated carbocycles. The van der Waals surface area contributed by atoms with E-state index < -0.39 is 40.4 Å². The number of carbonyl (C=O) groups excluding carboxylic acids is 4. The smallest absolute Gasteiger partial charge is 0.419 e. The van der Waals surface area contributed by atoms with Crippen LogP contribution in [0.3, 0.4) is 0 Å². The number of carbonyl (C=O) groups is 3. The van der Waals surface area contributed by atoms with Crippen molar-refractivity contribution in [2.24, 2.45) is 5.41 Å². The van der Waals surface area contributed by atoms with Crippen LogP contribution in [0.15, 0.2) is 0 Å². The molecule has 3 amide bonds. The third-order valence-corrected chi connectivity index (χ3v) is 3.61. The van der Waals surface area contributed by atoms with Crippen molar-refractivity contribution >= 4 is 24.4 Å². The Kier molecular flexibility index (Phi) is 9.54.